The van der Waals surface area contributed by atoms with Gasteiger partial charge in [-0.2, -0.15) is 13.2 Å². The Morgan fingerprint density at radius 1 is 1.23 bits per heavy atom. The number of quaternary nitrogens is 1. The molecule has 4 aliphatic rings. The molecule has 0 radical (unpaired) electrons. The fourth-order valence-corrected chi connectivity index (χ4v) is 6.12. The number of amides is 2. The highest BCUT2D eigenvalue weighted by Crippen LogP contribution is 2.46. The monoisotopic (exact) mass is 656 g/mol. The molecule has 7 rings (SSSR count). The van der Waals surface area contributed by atoms with E-state index in [0.717, 1.165) is 13.1 Å². The molecule has 248 valence electrons. The van der Waals surface area contributed by atoms with Crippen molar-refractivity contribution in [2.75, 3.05) is 39.8 Å². The molecule has 5 heterocycles. The topological polar surface area (TPSA) is 157 Å². The molecule has 16 heteroatoms. The number of hydrogen-bond acceptors (Lipinski definition) is 10. The van der Waals surface area contributed by atoms with Gasteiger partial charge in [0.1, 0.15) is 25.1 Å². The maximum atomic E-state index is 13.7. The number of aromatic amines is 1. The van der Waals surface area contributed by atoms with Crippen molar-refractivity contribution >= 4 is 28.4 Å². The Kier molecular flexibility index (Phi) is 7.82. The number of aliphatic hydroxyl groups excluding tert-OH is 1. The summed E-state index contributed by atoms with van der Waals surface area (Å²) in [5.74, 6) is -1.16. The number of para-hydroxylation sites is 1. The van der Waals surface area contributed by atoms with Crippen LogP contribution in [0, 0.1) is 5.21 Å². The molecule has 1 fully saturated rings. The molecule has 0 aliphatic carbocycles. The number of allylic oxidation sites excluding steroid dienone is 1. The van der Waals surface area contributed by atoms with Crippen molar-refractivity contribution < 1.29 is 47.1 Å². The average molecular weight is 657 g/mol. The van der Waals surface area contributed by atoms with Crippen LogP contribution in [0.1, 0.15) is 39.4 Å². The normalized spacial score (nSPS) is 23.4. The maximum Gasteiger partial charge on any atom is 0.468 e. The number of fused-ring (bicyclic) bond motifs is 3. The molecule has 13 nitrogen and oxygen atoms in total. The molecule has 0 saturated carbocycles. The van der Waals surface area contributed by atoms with E-state index in [1.165, 1.54) is 29.3 Å². The van der Waals surface area contributed by atoms with Crippen LogP contribution in [0.5, 0.6) is 17.2 Å². The van der Waals surface area contributed by atoms with Crippen LogP contribution in [0.15, 0.2) is 48.3 Å². The van der Waals surface area contributed by atoms with Gasteiger partial charge < -0.3 is 44.8 Å². The third-order valence-corrected chi connectivity index (χ3v) is 8.60. The number of nitrogens with one attached hydrogen (secondary N) is 3. The van der Waals surface area contributed by atoms with E-state index in [0.29, 0.717) is 52.1 Å². The van der Waals surface area contributed by atoms with Crippen molar-refractivity contribution in [3.8, 4) is 17.2 Å². The van der Waals surface area contributed by atoms with Gasteiger partial charge in [-0.1, -0.05) is 6.07 Å². The van der Waals surface area contributed by atoms with E-state index < -0.39 is 24.3 Å². The lowest BCUT2D eigenvalue weighted by atomic mass is 10.0. The smallest absolute Gasteiger partial charge is 0.468 e. The molecule has 2 aromatic carbocycles. The number of aromatic nitrogens is 2. The van der Waals surface area contributed by atoms with Crippen molar-refractivity contribution in [1.82, 2.24) is 25.1 Å². The molecule has 3 atom stereocenters. The van der Waals surface area contributed by atoms with E-state index in [4.69, 9.17) is 4.74 Å². The molecule has 2 amide bonds. The minimum atomic E-state index is -4.16. The number of nitrogens with zero attached hydrogens (tertiary/aromatic N) is 3. The van der Waals surface area contributed by atoms with Crippen LogP contribution in [-0.2, 0) is 0 Å². The zero-order chi connectivity index (χ0) is 33.0. The van der Waals surface area contributed by atoms with Gasteiger partial charge in [-0.25, -0.2) is 4.98 Å². The summed E-state index contributed by atoms with van der Waals surface area (Å²) >= 11 is 0. The highest BCUT2D eigenvalue weighted by molar-refractivity contribution is 6.23. The second kappa shape index (κ2) is 11.9. The van der Waals surface area contributed by atoms with Gasteiger partial charge in [0.25, 0.3) is 11.8 Å². The molecule has 4 aliphatic heterocycles. The Bertz CT molecular complexity index is 1750. The molecular formula is C31H31F3N6O7. The van der Waals surface area contributed by atoms with Crippen molar-refractivity contribution in [2.24, 2.45) is 0 Å². The Morgan fingerprint density at radius 2 is 1.98 bits per heavy atom. The molecule has 47 heavy (non-hydrogen) atoms. The van der Waals surface area contributed by atoms with Crippen molar-refractivity contribution in [3.63, 3.8) is 0 Å². The summed E-state index contributed by atoms with van der Waals surface area (Å²) in [4.78, 5) is 38.0. The lowest BCUT2D eigenvalue weighted by Gasteiger charge is -2.33. The molecule has 1 aromatic heterocycles. The lowest BCUT2D eigenvalue weighted by molar-refractivity contribution is -0.782. The fourth-order valence-electron chi connectivity index (χ4n) is 6.12. The molecule has 2 unspecified atom stereocenters. The molecule has 1 saturated heterocycles. The number of carbonyl (C=O) groups is 2. The summed E-state index contributed by atoms with van der Waals surface area (Å²) in [6, 6.07) is 6.96. The minimum absolute atomic E-state index is 0.00471. The van der Waals surface area contributed by atoms with Crippen molar-refractivity contribution in [1.29, 1.82) is 0 Å². The second-order valence-corrected chi connectivity index (χ2v) is 11.9. The maximum absolute atomic E-state index is 13.7. The number of aliphatic hydroxyl groups is 1. The van der Waals surface area contributed by atoms with E-state index in [2.05, 4.69) is 29.7 Å². The van der Waals surface area contributed by atoms with E-state index in [1.807, 2.05) is 7.05 Å². The first-order chi connectivity index (χ1) is 22.5. The summed E-state index contributed by atoms with van der Waals surface area (Å²) < 4.78 is 55.4. The molecule has 3 aromatic rings. The number of imidazole rings is 1. The molecule has 0 bridgehead atoms. The first kappa shape index (κ1) is 31.0. The predicted molar refractivity (Wildman–Crippen MR) is 159 cm³/mol. The van der Waals surface area contributed by atoms with E-state index in [1.54, 1.807) is 18.2 Å². The minimum Gasteiger partial charge on any atom is -0.629 e. The van der Waals surface area contributed by atoms with Gasteiger partial charge in [0, 0.05) is 18.7 Å². The fraction of sp³-hybridized carbons (Fsp3) is 0.387. The third-order valence-electron chi connectivity index (χ3n) is 8.60. The largest absolute Gasteiger partial charge is 0.629 e. The van der Waals surface area contributed by atoms with Gasteiger partial charge in [0.2, 0.25) is 5.75 Å². The first-order valence-corrected chi connectivity index (χ1v) is 15.1. The number of likely N-dealkylation sites (tertiary alicyclic amines) is 1. The highest BCUT2D eigenvalue weighted by Gasteiger charge is 2.50. The molecule has 4 N–H and O–H groups in total. The van der Waals surface area contributed by atoms with Gasteiger partial charge in [0.05, 0.1) is 39.6 Å². The zero-order valence-corrected chi connectivity index (χ0v) is 25.1. The number of ether oxygens (including phenoxy) is 3. The zero-order valence-electron chi connectivity index (χ0n) is 25.1. The van der Waals surface area contributed by atoms with Crippen LogP contribution < -0.4 is 24.6 Å². The third kappa shape index (κ3) is 5.77. The van der Waals surface area contributed by atoms with Gasteiger partial charge in [-0.15, -0.1) is 0 Å². The van der Waals surface area contributed by atoms with Crippen LogP contribution in [0.4, 0.5) is 13.2 Å². The van der Waals surface area contributed by atoms with Crippen LogP contribution in [0.25, 0.3) is 16.6 Å². The second-order valence-electron chi connectivity index (χ2n) is 11.9. The van der Waals surface area contributed by atoms with E-state index in [9.17, 15) is 33.1 Å². The average Bonchev–Trinajstić information content (AvgIpc) is 3.56. The number of halogens is 3. The van der Waals surface area contributed by atoms with Crippen LogP contribution in [0.2, 0.25) is 0 Å². The van der Waals surface area contributed by atoms with Crippen molar-refractivity contribution in [2.45, 2.75) is 37.5 Å². The quantitative estimate of drug-likeness (QED) is 0.207. The summed E-state index contributed by atoms with van der Waals surface area (Å²) in [5, 5.41) is 25.9. The van der Waals surface area contributed by atoms with Gasteiger partial charge in [-0.3, -0.25) is 14.5 Å². The summed E-state index contributed by atoms with van der Waals surface area (Å²) in [7, 11) is 2.01. The Hall–Kier alpha value is -4.64. The number of piperidine rings is 1. The summed E-state index contributed by atoms with van der Waals surface area (Å²) in [5.41, 5.74) is 2.58. The number of benzene rings is 2. The van der Waals surface area contributed by atoms with E-state index in [-0.39, 0.29) is 54.1 Å². The number of rotatable bonds is 8. The van der Waals surface area contributed by atoms with Crippen molar-refractivity contribution in [3.05, 3.63) is 70.5 Å². The van der Waals surface area contributed by atoms with Gasteiger partial charge in [0.15, 0.2) is 11.5 Å². The van der Waals surface area contributed by atoms with Crippen LogP contribution in [0.3, 0.4) is 0 Å². The number of hydroxylamine groups is 2. The van der Waals surface area contributed by atoms with E-state index >= 15 is 0 Å². The number of H-pyrrole nitrogens is 1. The SMILES string of the molecule is CN1CCC(N2C(=O)c3cc4nc(C5=C(NC[C@@H](O)COc6cccc7c6OC(F)C(F)(F)O7)C=C[NH+]([O-])C5)[nH]c4cc3C2=O)CC1. The Balaban J connectivity index is 1.06. The standard InChI is InChI=1S/C31H31F3N6O7/c1-38-8-5-16(6-9-38)40-28(42)18-11-22-23(12-19(18)29(40)43)37-27(36-22)20-14-39(44)10-7-21(20)35-13-17(41)15-45-24-3-2-4-25-26(24)46-30(32)31(33,34)47-25/h2-4,7,10-12,16-17,30,35,39,41H,5-6,8-9,13-15H2,1H3,(H,36,37)/t17-,30?/m1/s1. The summed E-state index contributed by atoms with van der Waals surface area (Å²) in [6.45, 7) is 1.22. The lowest BCUT2D eigenvalue weighted by Crippen LogP contribution is -3.02. The summed E-state index contributed by atoms with van der Waals surface area (Å²) in [6.07, 6.45) is -3.96. The number of imide groups is 1. The van der Waals surface area contributed by atoms with Crippen LogP contribution in [-0.4, -0.2) is 101 Å². The highest BCUT2D eigenvalue weighted by atomic mass is 19.3. The van der Waals surface area contributed by atoms with Gasteiger partial charge in [-0.05, 0) is 57.2 Å². The predicted octanol–water partition coefficient (Wildman–Crippen LogP) is 1.56. The van der Waals surface area contributed by atoms with Gasteiger partial charge >= 0.3 is 12.5 Å². The number of hydrogen-bond donors (Lipinski definition) is 4. The number of carbonyl (C=O) groups excluding carboxylic acids is 2. The Morgan fingerprint density at radius 3 is 2.74 bits per heavy atom. The van der Waals surface area contributed by atoms with Crippen LogP contribution >= 0.6 is 0 Å². The first-order valence-electron chi connectivity index (χ1n) is 15.1. The molecule has 0 spiro atoms. The number of alkyl halides is 3. The Labute approximate surface area is 265 Å². The molecular weight excluding hydrogens is 625 g/mol.